The summed E-state index contributed by atoms with van der Waals surface area (Å²) in [6.45, 7) is 0.0922. The van der Waals surface area contributed by atoms with Gasteiger partial charge in [0.15, 0.2) is 16.7 Å². The van der Waals surface area contributed by atoms with Crippen LogP contribution >= 0.6 is 34.4 Å². The molecule has 5 nitrogen and oxygen atoms in total. The van der Waals surface area contributed by atoms with Gasteiger partial charge in [0, 0.05) is 19.7 Å². The molecular formula is C20H18FIN2O3S. The number of hydrogen-bond donors (Lipinski definition) is 0. The lowest BCUT2D eigenvalue weighted by Gasteiger charge is -2.14. The number of hydrogen-bond acceptors (Lipinski definition) is 5. The summed E-state index contributed by atoms with van der Waals surface area (Å²) < 4.78 is 25.9. The van der Waals surface area contributed by atoms with E-state index in [9.17, 15) is 9.18 Å². The number of nitrogens with zero attached hydrogens (tertiary/aromatic N) is 2. The Hall–Kier alpha value is -2.07. The van der Waals surface area contributed by atoms with E-state index < -0.39 is 0 Å². The largest absolute Gasteiger partial charge is 0.493 e. The van der Waals surface area contributed by atoms with Crippen LogP contribution in [0, 0.1) is 9.39 Å². The fourth-order valence-corrected chi connectivity index (χ4v) is 4.34. The molecule has 0 N–H and O–H groups in total. The Kier molecular flexibility index (Phi) is 6.61. The molecule has 1 aliphatic heterocycles. The molecule has 0 spiro atoms. The second kappa shape index (κ2) is 8.95. The number of amidine groups is 1. The molecule has 28 heavy (non-hydrogen) atoms. The maximum absolute atomic E-state index is 13.8. The number of carbonyl (C=O) groups is 1. The number of rotatable bonds is 5. The molecule has 0 radical (unpaired) electrons. The number of ether oxygens (including phenoxy) is 2. The number of halogens is 2. The minimum atomic E-state index is -0.313. The smallest absolute Gasteiger partial charge is 0.266 e. The molecule has 0 aromatic heterocycles. The van der Waals surface area contributed by atoms with E-state index in [0.29, 0.717) is 27.1 Å². The van der Waals surface area contributed by atoms with Gasteiger partial charge in [0.25, 0.3) is 5.91 Å². The molecule has 0 saturated carbocycles. The summed E-state index contributed by atoms with van der Waals surface area (Å²) in [6, 6.07) is 10.2. The molecule has 0 bridgehead atoms. The zero-order valence-corrected chi connectivity index (χ0v) is 18.5. The molecule has 8 heteroatoms. The van der Waals surface area contributed by atoms with Crippen molar-refractivity contribution in [3.63, 3.8) is 0 Å². The molecule has 1 heterocycles. The Morgan fingerprint density at radius 1 is 1.32 bits per heavy atom. The highest BCUT2D eigenvalue weighted by molar-refractivity contribution is 14.1. The molecular weight excluding hydrogens is 494 g/mol. The Balaban J connectivity index is 1.87. The molecule has 1 saturated heterocycles. The monoisotopic (exact) mass is 512 g/mol. The fraction of sp³-hybridized carbons (Fsp3) is 0.200. The van der Waals surface area contributed by atoms with E-state index in [4.69, 9.17) is 9.47 Å². The first-order valence-electron chi connectivity index (χ1n) is 8.32. The summed E-state index contributed by atoms with van der Waals surface area (Å²) in [4.78, 5) is 18.5. The highest BCUT2D eigenvalue weighted by atomic mass is 127. The van der Waals surface area contributed by atoms with Gasteiger partial charge in [0.2, 0.25) is 0 Å². The van der Waals surface area contributed by atoms with E-state index in [-0.39, 0.29) is 18.3 Å². The summed E-state index contributed by atoms with van der Waals surface area (Å²) in [5.74, 6) is 0.640. The normalized spacial score (nSPS) is 16.9. The van der Waals surface area contributed by atoms with Gasteiger partial charge in [-0.3, -0.25) is 14.7 Å². The van der Waals surface area contributed by atoms with Crippen molar-refractivity contribution in [3.05, 3.63) is 61.8 Å². The third-order valence-corrected chi connectivity index (χ3v) is 6.03. The molecule has 1 fully saturated rings. The predicted molar refractivity (Wildman–Crippen MR) is 118 cm³/mol. The number of aliphatic imine (C=N–C) groups is 1. The third-order valence-electron chi connectivity index (χ3n) is 4.07. The van der Waals surface area contributed by atoms with Crippen LogP contribution < -0.4 is 9.47 Å². The van der Waals surface area contributed by atoms with Crippen LogP contribution in [0.25, 0.3) is 6.08 Å². The first-order valence-corrected chi connectivity index (χ1v) is 10.2. The summed E-state index contributed by atoms with van der Waals surface area (Å²) in [6.07, 6.45) is 1.80. The Morgan fingerprint density at radius 3 is 2.71 bits per heavy atom. The first kappa shape index (κ1) is 20.7. The van der Waals surface area contributed by atoms with Gasteiger partial charge in [-0.15, -0.1) is 0 Å². The minimum absolute atomic E-state index is 0.0922. The van der Waals surface area contributed by atoms with E-state index in [0.717, 1.165) is 9.13 Å². The number of benzene rings is 2. The number of amides is 1. The van der Waals surface area contributed by atoms with Crippen LogP contribution in [0.5, 0.6) is 11.5 Å². The van der Waals surface area contributed by atoms with Crippen molar-refractivity contribution < 1.29 is 18.7 Å². The van der Waals surface area contributed by atoms with Gasteiger partial charge in [-0.1, -0.05) is 18.2 Å². The zero-order chi connectivity index (χ0) is 20.3. The van der Waals surface area contributed by atoms with Gasteiger partial charge in [0.1, 0.15) is 12.4 Å². The highest BCUT2D eigenvalue weighted by Gasteiger charge is 2.29. The SMILES string of the molecule is CN=C1S/C(=C\c2cc(I)c(OCc3ccccc3F)c(OC)c2)C(=O)N1C. The quantitative estimate of drug-likeness (QED) is 0.436. The zero-order valence-electron chi connectivity index (χ0n) is 15.5. The molecule has 0 aliphatic carbocycles. The van der Waals surface area contributed by atoms with Crippen molar-refractivity contribution in [1.82, 2.24) is 4.90 Å². The Morgan fingerprint density at radius 2 is 2.07 bits per heavy atom. The Labute approximate surface area is 180 Å². The van der Waals surface area contributed by atoms with Crippen LogP contribution in [0.15, 0.2) is 46.3 Å². The molecule has 1 aliphatic rings. The summed E-state index contributed by atoms with van der Waals surface area (Å²) >= 11 is 3.47. The van der Waals surface area contributed by atoms with E-state index in [1.807, 2.05) is 6.07 Å². The molecule has 2 aromatic carbocycles. The lowest BCUT2D eigenvalue weighted by Crippen LogP contribution is -2.23. The van der Waals surface area contributed by atoms with Crippen LogP contribution in [-0.2, 0) is 11.4 Å². The fourth-order valence-electron chi connectivity index (χ4n) is 2.63. The molecule has 3 rings (SSSR count). The molecule has 0 unspecified atom stereocenters. The summed E-state index contributed by atoms with van der Waals surface area (Å²) in [5.41, 5.74) is 1.27. The average Bonchev–Trinajstić information content (AvgIpc) is 2.95. The molecule has 0 atom stereocenters. The topological polar surface area (TPSA) is 51.1 Å². The first-order chi connectivity index (χ1) is 13.4. The van der Waals surface area contributed by atoms with Crippen molar-refractivity contribution in [1.29, 1.82) is 0 Å². The van der Waals surface area contributed by atoms with Crippen LogP contribution in [-0.4, -0.2) is 37.2 Å². The van der Waals surface area contributed by atoms with Gasteiger partial charge in [-0.25, -0.2) is 4.39 Å². The third kappa shape index (κ3) is 4.33. The van der Waals surface area contributed by atoms with Crippen molar-refractivity contribution in [2.24, 2.45) is 4.99 Å². The van der Waals surface area contributed by atoms with Crippen LogP contribution in [0.3, 0.4) is 0 Å². The van der Waals surface area contributed by atoms with Crippen molar-refractivity contribution in [2.75, 3.05) is 21.2 Å². The van der Waals surface area contributed by atoms with Crippen LogP contribution in [0.1, 0.15) is 11.1 Å². The minimum Gasteiger partial charge on any atom is -0.493 e. The molecule has 146 valence electrons. The lowest BCUT2D eigenvalue weighted by atomic mass is 10.1. The van der Waals surface area contributed by atoms with Gasteiger partial charge in [-0.05, 0) is 64.2 Å². The second-order valence-electron chi connectivity index (χ2n) is 5.90. The number of thioether (sulfide) groups is 1. The number of methoxy groups -OCH3 is 1. The van der Waals surface area contributed by atoms with E-state index in [1.54, 1.807) is 51.5 Å². The van der Waals surface area contributed by atoms with Gasteiger partial charge >= 0.3 is 0 Å². The average molecular weight is 512 g/mol. The van der Waals surface area contributed by atoms with Crippen molar-refractivity contribution >= 4 is 51.5 Å². The van der Waals surface area contributed by atoms with Crippen LogP contribution in [0.4, 0.5) is 4.39 Å². The number of likely N-dealkylation sites (N-methyl/N-ethyl adjacent to an activating group) is 1. The maximum Gasteiger partial charge on any atom is 0.266 e. The van der Waals surface area contributed by atoms with Crippen LogP contribution in [0.2, 0.25) is 0 Å². The molecule has 1 amide bonds. The second-order valence-corrected chi connectivity index (χ2v) is 8.07. The number of carbonyl (C=O) groups excluding carboxylic acids is 1. The van der Waals surface area contributed by atoms with Crippen molar-refractivity contribution in [2.45, 2.75) is 6.61 Å². The highest BCUT2D eigenvalue weighted by Crippen LogP contribution is 2.37. The van der Waals surface area contributed by atoms with E-state index in [2.05, 4.69) is 27.6 Å². The van der Waals surface area contributed by atoms with Gasteiger partial charge in [0.05, 0.1) is 15.6 Å². The lowest BCUT2D eigenvalue weighted by molar-refractivity contribution is -0.121. The van der Waals surface area contributed by atoms with E-state index in [1.165, 1.54) is 22.7 Å². The molecule has 2 aromatic rings. The summed E-state index contributed by atoms with van der Waals surface area (Å²) in [5, 5.41) is 0.655. The van der Waals surface area contributed by atoms with Crippen molar-refractivity contribution in [3.8, 4) is 11.5 Å². The van der Waals surface area contributed by atoms with E-state index >= 15 is 0 Å². The maximum atomic E-state index is 13.8. The Bertz CT molecular complexity index is 978. The summed E-state index contributed by atoms with van der Waals surface area (Å²) in [7, 11) is 4.90. The van der Waals surface area contributed by atoms with Gasteiger partial charge in [-0.2, -0.15) is 0 Å². The van der Waals surface area contributed by atoms with Gasteiger partial charge < -0.3 is 9.47 Å². The predicted octanol–water partition coefficient (Wildman–Crippen LogP) is 4.55. The standard InChI is InChI=1S/C20H18FIN2O3S/c1-23-20-24(2)19(25)17(28-20)10-12-8-15(22)18(16(9-12)26-3)27-11-13-6-4-5-7-14(13)21/h4-10H,11H2,1-3H3/b17-10-,23-20?.